The van der Waals surface area contributed by atoms with Gasteiger partial charge in [0.15, 0.2) is 10.6 Å². The van der Waals surface area contributed by atoms with Crippen LogP contribution in [0.25, 0.3) is 10.7 Å². The van der Waals surface area contributed by atoms with Crippen molar-refractivity contribution in [2.45, 2.75) is 26.4 Å². The quantitative estimate of drug-likeness (QED) is 0.663. The lowest BCUT2D eigenvalue weighted by atomic mass is 10.3. The summed E-state index contributed by atoms with van der Waals surface area (Å²) >= 11 is 6.85. The van der Waals surface area contributed by atoms with Gasteiger partial charge < -0.3 is 5.32 Å². The van der Waals surface area contributed by atoms with Crippen molar-refractivity contribution in [1.82, 2.24) is 25.1 Å². The predicted octanol–water partition coefficient (Wildman–Crippen LogP) is 3.08. The van der Waals surface area contributed by atoms with E-state index >= 15 is 0 Å². The Morgan fingerprint density at radius 1 is 1.38 bits per heavy atom. The van der Waals surface area contributed by atoms with E-state index in [9.17, 15) is 4.79 Å². The largest absolute Gasteiger partial charge is 0.350 e. The van der Waals surface area contributed by atoms with Gasteiger partial charge in [0.05, 0.1) is 17.1 Å². The molecule has 0 spiro atoms. The summed E-state index contributed by atoms with van der Waals surface area (Å²) in [4.78, 5) is 17.5. The van der Waals surface area contributed by atoms with Crippen LogP contribution in [0.5, 0.6) is 0 Å². The molecule has 0 bridgehead atoms. The molecule has 3 rings (SSSR count). The number of hydrogen-bond acceptors (Lipinski definition) is 5. The molecule has 3 aromatic heterocycles. The van der Waals surface area contributed by atoms with E-state index in [0.29, 0.717) is 24.3 Å². The summed E-state index contributed by atoms with van der Waals surface area (Å²) in [5.74, 6) is 0.724. The number of thiophene rings is 1. The fourth-order valence-corrected chi connectivity index (χ4v) is 3.25. The third kappa shape index (κ3) is 3.95. The molecular formula is C16H17N5OS2. The van der Waals surface area contributed by atoms with Crippen LogP contribution >= 0.6 is 23.6 Å². The summed E-state index contributed by atoms with van der Waals surface area (Å²) in [5.41, 5.74) is 1.79. The molecule has 0 radical (unpaired) electrons. The van der Waals surface area contributed by atoms with Gasteiger partial charge in [-0.1, -0.05) is 12.1 Å². The van der Waals surface area contributed by atoms with Gasteiger partial charge in [0.25, 0.3) is 0 Å². The van der Waals surface area contributed by atoms with Crippen LogP contribution in [0, 0.1) is 11.7 Å². The molecule has 8 heteroatoms. The van der Waals surface area contributed by atoms with Gasteiger partial charge in [0.2, 0.25) is 5.91 Å². The lowest BCUT2D eigenvalue weighted by Crippen LogP contribution is -2.24. The number of aromatic nitrogens is 4. The van der Waals surface area contributed by atoms with Crippen molar-refractivity contribution in [2.75, 3.05) is 0 Å². The highest BCUT2D eigenvalue weighted by atomic mass is 32.1. The van der Waals surface area contributed by atoms with Crippen molar-refractivity contribution in [3.05, 3.63) is 51.9 Å². The molecule has 124 valence electrons. The van der Waals surface area contributed by atoms with Crippen LogP contribution in [-0.2, 0) is 17.9 Å². The monoisotopic (exact) mass is 359 g/mol. The van der Waals surface area contributed by atoms with E-state index < -0.39 is 0 Å². The Hall–Kier alpha value is -2.32. The smallest absolute Gasteiger partial charge is 0.222 e. The molecule has 0 aliphatic carbocycles. The second-order valence-electron chi connectivity index (χ2n) is 5.28. The van der Waals surface area contributed by atoms with E-state index in [0.717, 1.165) is 22.1 Å². The van der Waals surface area contributed by atoms with Crippen molar-refractivity contribution in [1.29, 1.82) is 0 Å². The van der Waals surface area contributed by atoms with Crippen molar-refractivity contribution in [2.24, 2.45) is 0 Å². The number of aryl methyl sites for hydroxylation is 1. The molecule has 6 nitrogen and oxygen atoms in total. The van der Waals surface area contributed by atoms with E-state index in [1.54, 1.807) is 11.3 Å². The SMILES string of the molecule is Cc1cccc(CNC(=O)CCn2c(-c3cccs3)n[nH]c2=S)n1. The fourth-order valence-electron chi connectivity index (χ4n) is 2.31. The number of pyridine rings is 1. The molecular weight excluding hydrogens is 342 g/mol. The molecule has 2 N–H and O–H groups in total. The maximum atomic E-state index is 12.1. The number of rotatable bonds is 6. The lowest BCUT2D eigenvalue weighted by molar-refractivity contribution is -0.121. The highest BCUT2D eigenvalue weighted by molar-refractivity contribution is 7.71. The first kappa shape index (κ1) is 16.5. The van der Waals surface area contributed by atoms with Gasteiger partial charge in [0.1, 0.15) is 0 Å². The van der Waals surface area contributed by atoms with Gasteiger partial charge in [-0.15, -0.1) is 11.3 Å². The zero-order valence-electron chi connectivity index (χ0n) is 13.2. The van der Waals surface area contributed by atoms with Gasteiger partial charge in [-0.25, -0.2) is 0 Å². The van der Waals surface area contributed by atoms with E-state index in [-0.39, 0.29) is 5.91 Å². The number of amides is 1. The molecule has 24 heavy (non-hydrogen) atoms. The molecule has 0 aliphatic heterocycles. The van der Waals surface area contributed by atoms with Crippen molar-refractivity contribution in [3.8, 4) is 10.7 Å². The maximum Gasteiger partial charge on any atom is 0.222 e. The second-order valence-corrected chi connectivity index (χ2v) is 6.61. The molecule has 3 aromatic rings. The van der Waals surface area contributed by atoms with E-state index in [1.165, 1.54) is 0 Å². The zero-order valence-corrected chi connectivity index (χ0v) is 14.8. The van der Waals surface area contributed by atoms with Crippen LogP contribution < -0.4 is 5.32 Å². The molecule has 3 heterocycles. The highest BCUT2D eigenvalue weighted by Crippen LogP contribution is 2.22. The van der Waals surface area contributed by atoms with Gasteiger partial charge >= 0.3 is 0 Å². The second kappa shape index (κ2) is 7.50. The van der Waals surface area contributed by atoms with Crippen LogP contribution in [0.1, 0.15) is 17.8 Å². The minimum absolute atomic E-state index is 0.0430. The third-order valence-corrected chi connectivity index (χ3v) is 4.65. The van der Waals surface area contributed by atoms with Crippen molar-refractivity contribution >= 4 is 29.5 Å². The van der Waals surface area contributed by atoms with Crippen LogP contribution in [0.2, 0.25) is 0 Å². The van der Waals surface area contributed by atoms with Gasteiger partial charge in [-0.3, -0.25) is 19.4 Å². The average Bonchev–Trinajstić information content (AvgIpc) is 3.20. The fraction of sp³-hybridized carbons (Fsp3) is 0.250. The average molecular weight is 359 g/mol. The Bertz CT molecular complexity index is 882. The number of carbonyl (C=O) groups is 1. The molecule has 1 amide bonds. The van der Waals surface area contributed by atoms with Gasteiger partial charge in [-0.05, 0) is 42.7 Å². The van der Waals surface area contributed by atoms with Crippen LogP contribution in [0.3, 0.4) is 0 Å². The topological polar surface area (TPSA) is 75.6 Å². The Morgan fingerprint density at radius 3 is 3.00 bits per heavy atom. The molecule has 0 atom stereocenters. The molecule has 0 unspecified atom stereocenters. The van der Waals surface area contributed by atoms with Gasteiger partial charge in [0, 0.05) is 18.7 Å². The Balaban J connectivity index is 1.59. The van der Waals surface area contributed by atoms with Crippen molar-refractivity contribution in [3.63, 3.8) is 0 Å². The van der Waals surface area contributed by atoms with Crippen LogP contribution in [-0.4, -0.2) is 25.7 Å². The Morgan fingerprint density at radius 2 is 2.25 bits per heavy atom. The first-order valence-electron chi connectivity index (χ1n) is 7.52. The highest BCUT2D eigenvalue weighted by Gasteiger charge is 2.11. The van der Waals surface area contributed by atoms with Gasteiger partial charge in [-0.2, -0.15) is 5.10 Å². The number of nitrogens with zero attached hydrogens (tertiary/aromatic N) is 3. The number of nitrogens with one attached hydrogen (secondary N) is 2. The third-order valence-electron chi connectivity index (χ3n) is 3.47. The van der Waals surface area contributed by atoms with E-state index in [1.807, 2.05) is 47.2 Å². The minimum Gasteiger partial charge on any atom is -0.350 e. The predicted molar refractivity (Wildman–Crippen MR) is 96.2 cm³/mol. The minimum atomic E-state index is -0.0430. The van der Waals surface area contributed by atoms with Crippen LogP contribution in [0.4, 0.5) is 0 Å². The summed E-state index contributed by atoms with van der Waals surface area (Å²) in [7, 11) is 0. The maximum absolute atomic E-state index is 12.1. The number of carbonyl (C=O) groups excluding carboxylic acids is 1. The molecule has 0 fully saturated rings. The summed E-state index contributed by atoms with van der Waals surface area (Å²) < 4.78 is 2.37. The lowest BCUT2D eigenvalue weighted by Gasteiger charge is -2.07. The molecule has 0 saturated heterocycles. The Kier molecular flexibility index (Phi) is 5.17. The summed E-state index contributed by atoms with van der Waals surface area (Å²) in [5, 5.41) is 11.9. The molecule has 0 aromatic carbocycles. The molecule has 0 saturated carbocycles. The Labute approximate surface area is 148 Å². The normalized spacial score (nSPS) is 10.7. The number of hydrogen-bond donors (Lipinski definition) is 2. The van der Waals surface area contributed by atoms with Crippen molar-refractivity contribution < 1.29 is 4.79 Å². The van der Waals surface area contributed by atoms with Crippen LogP contribution in [0.15, 0.2) is 35.7 Å². The summed E-state index contributed by atoms with van der Waals surface area (Å²) in [6, 6.07) is 9.70. The zero-order chi connectivity index (χ0) is 16.9. The summed E-state index contributed by atoms with van der Waals surface area (Å²) in [6.45, 7) is 2.84. The van der Waals surface area contributed by atoms with E-state index in [4.69, 9.17) is 12.2 Å². The molecule has 0 aliphatic rings. The first-order chi connectivity index (χ1) is 11.6. The number of H-pyrrole nitrogens is 1. The standard InChI is InChI=1S/C16H17N5OS2/c1-11-4-2-5-12(18-11)10-17-14(22)7-8-21-15(19-20-16(21)23)13-6-3-9-24-13/h2-6,9H,7-8,10H2,1H3,(H,17,22)(H,20,23). The van der Waals surface area contributed by atoms with E-state index in [2.05, 4.69) is 20.5 Å². The summed E-state index contributed by atoms with van der Waals surface area (Å²) in [6.07, 6.45) is 0.331. The number of aromatic amines is 1. The first-order valence-corrected chi connectivity index (χ1v) is 8.80.